The number of nitrogens with one attached hydrogen (secondary N) is 1. The van der Waals surface area contributed by atoms with Gasteiger partial charge in [-0.2, -0.15) is 5.10 Å². The standard InChI is InChI=1S/C10H9N3O2S/c14-8-2-1-7(9(15)5-8)6-12-13-10-11-3-4-16-10/h1-6,14-15H,(H,11,13). The van der Waals surface area contributed by atoms with E-state index >= 15 is 0 Å². The second kappa shape index (κ2) is 4.63. The fraction of sp³-hybridized carbons (Fsp3) is 0. The van der Waals surface area contributed by atoms with Crippen LogP contribution in [-0.4, -0.2) is 21.4 Å². The third-order valence-electron chi connectivity index (χ3n) is 1.81. The number of aromatic nitrogens is 1. The molecule has 0 aliphatic rings. The van der Waals surface area contributed by atoms with Gasteiger partial charge in [0.15, 0.2) is 0 Å². The van der Waals surface area contributed by atoms with Crippen LogP contribution in [0.15, 0.2) is 34.9 Å². The molecule has 0 radical (unpaired) electrons. The summed E-state index contributed by atoms with van der Waals surface area (Å²) in [4.78, 5) is 3.98. The van der Waals surface area contributed by atoms with Gasteiger partial charge in [0.05, 0.1) is 6.21 Å². The minimum Gasteiger partial charge on any atom is -0.508 e. The molecule has 0 atom stereocenters. The second-order valence-corrected chi connectivity index (χ2v) is 3.84. The molecule has 5 nitrogen and oxygen atoms in total. The molecule has 2 rings (SSSR count). The number of phenolic OH excluding ortho intramolecular Hbond substituents is 2. The molecular weight excluding hydrogens is 226 g/mol. The average molecular weight is 235 g/mol. The number of hydrogen-bond acceptors (Lipinski definition) is 6. The van der Waals surface area contributed by atoms with Crippen molar-refractivity contribution < 1.29 is 10.2 Å². The third-order valence-corrected chi connectivity index (χ3v) is 2.49. The second-order valence-electron chi connectivity index (χ2n) is 2.95. The maximum atomic E-state index is 9.46. The predicted octanol–water partition coefficient (Wildman–Crippen LogP) is 2.00. The molecule has 0 saturated carbocycles. The maximum Gasteiger partial charge on any atom is 0.203 e. The van der Waals surface area contributed by atoms with Crippen LogP contribution < -0.4 is 5.43 Å². The van der Waals surface area contributed by atoms with Crippen LogP contribution in [0.5, 0.6) is 11.5 Å². The van der Waals surface area contributed by atoms with Gasteiger partial charge < -0.3 is 10.2 Å². The Kier molecular flexibility index (Phi) is 3.02. The van der Waals surface area contributed by atoms with E-state index in [1.165, 1.54) is 29.7 Å². The van der Waals surface area contributed by atoms with Gasteiger partial charge in [0.2, 0.25) is 5.13 Å². The number of hydrogen-bond donors (Lipinski definition) is 3. The Morgan fingerprint density at radius 2 is 2.25 bits per heavy atom. The zero-order valence-corrected chi connectivity index (χ0v) is 8.98. The zero-order valence-electron chi connectivity index (χ0n) is 8.16. The molecule has 1 heterocycles. The highest BCUT2D eigenvalue weighted by molar-refractivity contribution is 7.13. The van der Waals surface area contributed by atoms with Crippen LogP contribution in [-0.2, 0) is 0 Å². The fourth-order valence-electron chi connectivity index (χ4n) is 1.08. The quantitative estimate of drug-likeness (QED) is 0.561. The number of phenols is 2. The molecule has 0 aliphatic heterocycles. The first-order valence-electron chi connectivity index (χ1n) is 4.46. The molecule has 2 aromatic rings. The van der Waals surface area contributed by atoms with Crippen molar-refractivity contribution in [2.75, 3.05) is 5.43 Å². The van der Waals surface area contributed by atoms with Crippen molar-refractivity contribution in [1.29, 1.82) is 0 Å². The summed E-state index contributed by atoms with van der Waals surface area (Å²) in [6, 6.07) is 4.30. The number of aromatic hydroxyl groups is 2. The molecular formula is C10H9N3O2S. The highest BCUT2D eigenvalue weighted by atomic mass is 32.1. The molecule has 0 spiro atoms. The van der Waals surface area contributed by atoms with E-state index in [9.17, 15) is 5.11 Å². The summed E-state index contributed by atoms with van der Waals surface area (Å²) in [5, 5.41) is 25.0. The van der Waals surface area contributed by atoms with Crippen molar-refractivity contribution >= 4 is 22.7 Å². The number of benzene rings is 1. The summed E-state index contributed by atoms with van der Waals surface area (Å²) in [6.07, 6.45) is 3.12. The molecule has 0 aliphatic carbocycles. The lowest BCUT2D eigenvalue weighted by molar-refractivity contribution is 0.450. The van der Waals surface area contributed by atoms with Crippen molar-refractivity contribution in [3.05, 3.63) is 35.3 Å². The molecule has 1 aromatic heterocycles. The van der Waals surface area contributed by atoms with Crippen molar-refractivity contribution in [1.82, 2.24) is 4.98 Å². The van der Waals surface area contributed by atoms with Crippen LogP contribution in [0.1, 0.15) is 5.56 Å². The molecule has 1 aromatic carbocycles. The molecule has 3 N–H and O–H groups in total. The van der Waals surface area contributed by atoms with E-state index in [0.717, 1.165) is 0 Å². The van der Waals surface area contributed by atoms with Crippen LogP contribution in [0.2, 0.25) is 0 Å². The number of hydrazone groups is 1. The largest absolute Gasteiger partial charge is 0.508 e. The highest BCUT2D eigenvalue weighted by Crippen LogP contribution is 2.20. The lowest BCUT2D eigenvalue weighted by Gasteiger charge is -1.99. The van der Waals surface area contributed by atoms with Crippen LogP contribution in [0.25, 0.3) is 0 Å². The van der Waals surface area contributed by atoms with E-state index < -0.39 is 0 Å². The van der Waals surface area contributed by atoms with Gasteiger partial charge in [-0.3, -0.25) is 5.43 Å². The zero-order chi connectivity index (χ0) is 11.4. The van der Waals surface area contributed by atoms with Gasteiger partial charge >= 0.3 is 0 Å². The lowest BCUT2D eigenvalue weighted by atomic mass is 10.2. The number of thiazole rings is 1. The van der Waals surface area contributed by atoms with E-state index in [4.69, 9.17) is 5.11 Å². The number of rotatable bonds is 3. The molecule has 16 heavy (non-hydrogen) atoms. The van der Waals surface area contributed by atoms with Crippen LogP contribution >= 0.6 is 11.3 Å². The van der Waals surface area contributed by atoms with E-state index in [0.29, 0.717) is 10.7 Å². The van der Waals surface area contributed by atoms with E-state index in [1.54, 1.807) is 12.3 Å². The van der Waals surface area contributed by atoms with Crippen molar-refractivity contribution in [3.63, 3.8) is 0 Å². The van der Waals surface area contributed by atoms with E-state index in [2.05, 4.69) is 15.5 Å². The molecule has 6 heteroatoms. The van der Waals surface area contributed by atoms with Gasteiger partial charge in [0.1, 0.15) is 11.5 Å². The predicted molar refractivity (Wildman–Crippen MR) is 63.1 cm³/mol. The van der Waals surface area contributed by atoms with E-state index in [-0.39, 0.29) is 11.5 Å². The first kappa shape index (κ1) is 10.4. The monoisotopic (exact) mass is 235 g/mol. The van der Waals surface area contributed by atoms with Crippen LogP contribution in [0.3, 0.4) is 0 Å². The Bertz CT molecular complexity index is 497. The molecule has 0 amide bonds. The van der Waals surface area contributed by atoms with Crippen molar-refractivity contribution in [2.45, 2.75) is 0 Å². The van der Waals surface area contributed by atoms with Crippen molar-refractivity contribution in [3.8, 4) is 11.5 Å². The van der Waals surface area contributed by atoms with Crippen LogP contribution in [0.4, 0.5) is 5.13 Å². The van der Waals surface area contributed by atoms with Gasteiger partial charge in [-0.1, -0.05) is 0 Å². The maximum absolute atomic E-state index is 9.46. The Morgan fingerprint density at radius 3 is 2.94 bits per heavy atom. The van der Waals surface area contributed by atoms with Gasteiger partial charge in [0, 0.05) is 23.2 Å². The molecule has 0 fully saturated rings. The SMILES string of the molecule is Oc1ccc(C=NNc2nccs2)c(O)c1. The van der Waals surface area contributed by atoms with Gasteiger partial charge in [-0.15, -0.1) is 11.3 Å². The molecule has 0 bridgehead atoms. The summed E-state index contributed by atoms with van der Waals surface area (Å²) in [5.74, 6) is -0.00720. The Hall–Kier alpha value is -2.08. The Morgan fingerprint density at radius 1 is 1.38 bits per heavy atom. The number of nitrogens with zero attached hydrogens (tertiary/aromatic N) is 2. The third kappa shape index (κ3) is 2.48. The smallest absolute Gasteiger partial charge is 0.203 e. The molecule has 0 unspecified atom stereocenters. The lowest BCUT2D eigenvalue weighted by Crippen LogP contribution is -1.89. The fourth-order valence-corrected chi connectivity index (χ4v) is 1.55. The summed E-state index contributed by atoms with van der Waals surface area (Å²) >= 11 is 1.43. The first-order chi connectivity index (χ1) is 7.75. The Balaban J connectivity index is 2.06. The minimum absolute atomic E-state index is 0.0162. The van der Waals surface area contributed by atoms with Gasteiger partial charge in [-0.25, -0.2) is 4.98 Å². The summed E-state index contributed by atoms with van der Waals surface area (Å²) in [7, 11) is 0. The number of anilines is 1. The molecule has 0 saturated heterocycles. The van der Waals surface area contributed by atoms with Gasteiger partial charge in [0.25, 0.3) is 0 Å². The average Bonchev–Trinajstić information content (AvgIpc) is 2.74. The van der Waals surface area contributed by atoms with Crippen molar-refractivity contribution in [2.24, 2.45) is 5.10 Å². The summed E-state index contributed by atoms with van der Waals surface area (Å²) in [6.45, 7) is 0. The minimum atomic E-state index is -0.0234. The molecule has 82 valence electrons. The topological polar surface area (TPSA) is 77.7 Å². The van der Waals surface area contributed by atoms with Crippen LogP contribution in [0, 0.1) is 0 Å². The van der Waals surface area contributed by atoms with Gasteiger partial charge in [-0.05, 0) is 12.1 Å². The highest BCUT2D eigenvalue weighted by Gasteiger charge is 1.98. The normalized spacial score (nSPS) is 10.8. The Labute approximate surface area is 95.7 Å². The summed E-state index contributed by atoms with van der Waals surface area (Å²) < 4.78 is 0. The first-order valence-corrected chi connectivity index (χ1v) is 5.34. The summed E-state index contributed by atoms with van der Waals surface area (Å²) in [5.41, 5.74) is 3.23. The van der Waals surface area contributed by atoms with E-state index in [1.807, 2.05) is 5.38 Å².